The lowest BCUT2D eigenvalue weighted by Gasteiger charge is -2.43. The van der Waals surface area contributed by atoms with Gasteiger partial charge in [0.15, 0.2) is 0 Å². The number of nitrogens with zero attached hydrogens (tertiary/aromatic N) is 1. The molecule has 0 aromatic carbocycles. The van der Waals surface area contributed by atoms with Crippen molar-refractivity contribution < 1.29 is 5.11 Å². The lowest BCUT2D eigenvalue weighted by Crippen LogP contribution is -2.48. The molecule has 1 N–H and O–H groups in total. The van der Waals surface area contributed by atoms with Gasteiger partial charge in [-0.25, -0.2) is 0 Å². The minimum atomic E-state index is 0.404. The van der Waals surface area contributed by atoms with E-state index >= 15 is 0 Å². The Morgan fingerprint density at radius 1 is 1.08 bits per heavy atom. The third kappa shape index (κ3) is 1.50. The van der Waals surface area contributed by atoms with Gasteiger partial charge < -0.3 is 10.0 Å². The van der Waals surface area contributed by atoms with Crippen molar-refractivity contribution in [3.63, 3.8) is 0 Å². The highest BCUT2D eigenvalue weighted by Crippen LogP contribution is 2.30. The first-order chi connectivity index (χ1) is 5.92. The van der Waals surface area contributed by atoms with Gasteiger partial charge in [0.05, 0.1) is 0 Å². The summed E-state index contributed by atoms with van der Waals surface area (Å²) in [5, 5.41) is 9.20. The molecule has 2 atom stereocenters. The summed E-state index contributed by atoms with van der Waals surface area (Å²) in [5.41, 5.74) is 0. The van der Waals surface area contributed by atoms with Gasteiger partial charge in [0, 0.05) is 12.6 Å². The van der Waals surface area contributed by atoms with E-state index in [-0.39, 0.29) is 0 Å². The first-order valence-electron chi connectivity index (χ1n) is 5.26. The standard InChI is InChI=1S/C10H19NO/c12-8-9-4-3-7-11-6-2-1-5-10(9)11/h9-10,12H,1-8H2/t9-,10+/m1/s1. The first kappa shape index (κ1) is 8.52. The van der Waals surface area contributed by atoms with Crippen molar-refractivity contribution >= 4 is 0 Å². The maximum absolute atomic E-state index is 9.20. The van der Waals surface area contributed by atoms with Crippen LogP contribution in [-0.2, 0) is 0 Å². The van der Waals surface area contributed by atoms with Crippen molar-refractivity contribution in [1.82, 2.24) is 4.90 Å². The second-order valence-electron chi connectivity index (χ2n) is 4.18. The normalized spacial score (nSPS) is 37.8. The van der Waals surface area contributed by atoms with Gasteiger partial charge in [-0.05, 0) is 44.7 Å². The lowest BCUT2D eigenvalue weighted by molar-refractivity contribution is 0.0312. The van der Waals surface area contributed by atoms with Crippen LogP contribution >= 0.6 is 0 Å². The van der Waals surface area contributed by atoms with Crippen LogP contribution in [0.4, 0.5) is 0 Å². The number of piperidine rings is 2. The summed E-state index contributed by atoms with van der Waals surface area (Å²) in [6.07, 6.45) is 6.61. The van der Waals surface area contributed by atoms with Crippen LogP contribution in [0.5, 0.6) is 0 Å². The summed E-state index contributed by atoms with van der Waals surface area (Å²) in [6, 6.07) is 0.720. The summed E-state index contributed by atoms with van der Waals surface area (Å²) in [6.45, 7) is 2.96. The molecule has 0 amide bonds. The van der Waals surface area contributed by atoms with E-state index in [1.54, 1.807) is 0 Å². The topological polar surface area (TPSA) is 23.5 Å². The van der Waals surface area contributed by atoms with E-state index in [0.29, 0.717) is 12.5 Å². The number of aliphatic hydroxyl groups excluding tert-OH is 1. The Hall–Kier alpha value is -0.0800. The van der Waals surface area contributed by atoms with Gasteiger partial charge in [-0.1, -0.05) is 6.42 Å². The number of hydrogen-bond donors (Lipinski definition) is 1. The maximum Gasteiger partial charge on any atom is 0.0474 e. The molecule has 2 saturated heterocycles. The van der Waals surface area contributed by atoms with Crippen LogP contribution < -0.4 is 0 Å². The molecule has 0 spiro atoms. The van der Waals surface area contributed by atoms with Crippen LogP contribution in [0.1, 0.15) is 32.1 Å². The van der Waals surface area contributed by atoms with Crippen molar-refractivity contribution in [3.8, 4) is 0 Å². The fourth-order valence-corrected chi connectivity index (χ4v) is 2.79. The average Bonchev–Trinajstić information content (AvgIpc) is 2.17. The molecule has 2 nitrogen and oxygen atoms in total. The van der Waals surface area contributed by atoms with Crippen LogP contribution in [-0.4, -0.2) is 35.7 Å². The monoisotopic (exact) mass is 169 g/mol. The summed E-state index contributed by atoms with van der Waals surface area (Å²) in [4.78, 5) is 2.59. The smallest absolute Gasteiger partial charge is 0.0474 e. The fraction of sp³-hybridized carbons (Fsp3) is 1.00. The first-order valence-corrected chi connectivity index (χ1v) is 5.26. The second-order valence-corrected chi connectivity index (χ2v) is 4.18. The van der Waals surface area contributed by atoms with E-state index in [1.165, 1.54) is 45.2 Å². The summed E-state index contributed by atoms with van der Waals surface area (Å²) >= 11 is 0. The maximum atomic E-state index is 9.20. The zero-order valence-corrected chi connectivity index (χ0v) is 7.71. The van der Waals surface area contributed by atoms with Crippen molar-refractivity contribution in [2.45, 2.75) is 38.1 Å². The van der Waals surface area contributed by atoms with Crippen LogP contribution in [0.3, 0.4) is 0 Å². The van der Waals surface area contributed by atoms with Crippen LogP contribution in [0.2, 0.25) is 0 Å². The van der Waals surface area contributed by atoms with Gasteiger partial charge in [0.2, 0.25) is 0 Å². The second kappa shape index (κ2) is 3.75. The Labute approximate surface area is 74.6 Å². The Bertz CT molecular complexity index is 140. The molecule has 0 aliphatic carbocycles. The predicted molar refractivity (Wildman–Crippen MR) is 49.0 cm³/mol. The van der Waals surface area contributed by atoms with Gasteiger partial charge in [0.1, 0.15) is 0 Å². The van der Waals surface area contributed by atoms with Gasteiger partial charge in [0.25, 0.3) is 0 Å². The Balaban J connectivity index is 1.99. The third-order valence-corrected chi connectivity index (χ3v) is 3.46. The highest BCUT2D eigenvalue weighted by atomic mass is 16.3. The molecule has 2 rings (SSSR count). The van der Waals surface area contributed by atoms with Crippen molar-refractivity contribution in [3.05, 3.63) is 0 Å². The number of hydrogen-bond acceptors (Lipinski definition) is 2. The molecule has 2 heterocycles. The summed E-state index contributed by atoms with van der Waals surface area (Å²) in [7, 11) is 0. The molecule has 0 unspecified atom stereocenters. The SMILES string of the molecule is OC[C@H]1CCCN2CCCC[C@@H]12. The molecule has 2 aliphatic rings. The fourth-order valence-electron chi connectivity index (χ4n) is 2.79. The minimum absolute atomic E-state index is 0.404. The van der Waals surface area contributed by atoms with E-state index < -0.39 is 0 Å². The zero-order chi connectivity index (χ0) is 8.39. The minimum Gasteiger partial charge on any atom is -0.396 e. The van der Waals surface area contributed by atoms with Crippen molar-refractivity contribution in [2.24, 2.45) is 5.92 Å². The Morgan fingerprint density at radius 3 is 2.75 bits per heavy atom. The summed E-state index contributed by atoms with van der Waals surface area (Å²) in [5.74, 6) is 0.582. The average molecular weight is 169 g/mol. The van der Waals surface area contributed by atoms with E-state index in [0.717, 1.165) is 6.04 Å². The molecule has 2 aliphatic heterocycles. The van der Waals surface area contributed by atoms with Gasteiger partial charge >= 0.3 is 0 Å². The van der Waals surface area contributed by atoms with Crippen LogP contribution in [0.25, 0.3) is 0 Å². The van der Waals surface area contributed by atoms with Crippen LogP contribution in [0, 0.1) is 5.92 Å². The molecule has 0 bridgehead atoms. The summed E-state index contributed by atoms with van der Waals surface area (Å²) < 4.78 is 0. The molecule has 2 fully saturated rings. The third-order valence-electron chi connectivity index (χ3n) is 3.46. The quantitative estimate of drug-likeness (QED) is 0.638. The van der Waals surface area contributed by atoms with Gasteiger partial charge in [-0.15, -0.1) is 0 Å². The molecular weight excluding hydrogens is 150 g/mol. The number of fused-ring (bicyclic) bond motifs is 1. The van der Waals surface area contributed by atoms with E-state index in [4.69, 9.17) is 0 Å². The highest BCUT2D eigenvalue weighted by Gasteiger charge is 2.32. The molecule has 0 saturated carbocycles. The Kier molecular flexibility index (Phi) is 2.66. The largest absolute Gasteiger partial charge is 0.396 e. The predicted octanol–water partition coefficient (Wildman–Crippen LogP) is 1.24. The molecular formula is C10H19NO. The molecule has 0 radical (unpaired) electrons. The van der Waals surface area contributed by atoms with Crippen molar-refractivity contribution in [2.75, 3.05) is 19.7 Å². The molecule has 12 heavy (non-hydrogen) atoms. The van der Waals surface area contributed by atoms with E-state index in [2.05, 4.69) is 4.90 Å². The number of rotatable bonds is 1. The zero-order valence-electron chi connectivity index (χ0n) is 7.71. The van der Waals surface area contributed by atoms with Gasteiger partial charge in [-0.3, -0.25) is 0 Å². The highest BCUT2D eigenvalue weighted by molar-refractivity contribution is 4.86. The van der Waals surface area contributed by atoms with Crippen LogP contribution in [0.15, 0.2) is 0 Å². The molecule has 0 aromatic rings. The lowest BCUT2D eigenvalue weighted by atomic mass is 9.84. The Morgan fingerprint density at radius 2 is 1.92 bits per heavy atom. The molecule has 70 valence electrons. The van der Waals surface area contributed by atoms with E-state index in [9.17, 15) is 5.11 Å². The van der Waals surface area contributed by atoms with E-state index in [1.807, 2.05) is 0 Å². The molecule has 0 aromatic heterocycles. The molecule has 2 heteroatoms. The number of aliphatic hydroxyl groups is 1. The van der Waals surface area contributed by atoms with Gasteiger partial charge in [-0.2, -0.15) is 0 Å². The van der Waals surface area contributed by atoms with Crippen molar-refractivity contribution in [1.29, 1.82) is 0 Å².